The number of ether oxygens (including phenoxy) is 2. The topological polar surface area (TPSA) is 66.2 Å². The highest BCUT2D eigenvalue weighted by Crippen LogP contribution is 2.39. The van der Waals surface area contributed by atoms with Gasteiger partial charge in [0.1, 0.15) is 6.33 Å². The Labute approximate surface area is 126 Å². The van der Waals surface area contributed by atoms with Gasteiger partial charge < -0.3 is 14.0 Å². The SMILES string of the molecule is COc1cc2c(cc1OC)C(=O)[C@@H](Sc1nncn1C)C2. The van der Waals surface area contributed by atoms with E-state index in [9.17, 15) is 4.79 Å². The van der Waals surface area contributed by atoms with Gasteiger partial charge in [-0.05, 0) is 24.1 Å². The van der Waals surface area contributed by atoms with Crippen molar-refractivity contribution in [3.63, 3.8) is 0 Å². The van der Waals surface area contributed by atoms with Crippen LogP contribution in [0.3, 0.4) is 0 Å². The molecule has 7 heteroatoms. The molecule has 0 radical (unpaired) electrons. The Bertz CT molecular complexity index is 699. The van der Waals surface area contributed by atoms with Gasteiger partial charge in [0.05, 0.1) is 19.5 Å². The van der Waals surface area contributed by atoms with Crippen LogP contribution in [0.4, 0.5) is 0 Å². The first-order valence-electron chi connectivity index (χ1n) is 6.43. The summed E-state index contributed by atoms with van der Waals surface area (Å²) in [5.41, 5.74) is 1.68. The number of Topliss-reactive ketones (excluding diaryl/α,β-unsaturated/α-hetero) is 1. The molecule has 110 valence electrons. The summed E-state index contributed by atoms with van der Waals surface area (Å²) in [5, 5.41) is 8.41. The van der Waals surface area contributed by atoms with E-state index in [1.54, 1.807) is 26.6 Å². The second-order valence-corrected chi connectivity index (χ2v) is 5.93. The molecule has 0 fully saturated rings. The summed E-state index contributed by atoms with van der Waals surface area (Å²) in [4.78, 5) is 12.5. The Morgan fingerprint density at radius 1 is 1.29 bits per heavy atom. The predicted octanol–water partition coefficient (Wildman–Crippen LogP) is 1.73. The van der Waals surface area contributed by atoms with E-state index >= 15 is 0 Å². The Hall–Kier alpha value is -2.02. The maximum absolute atomic E-state index is 12.5. The minimum Gasteiger partial charge on any atom is -0.493 e. The third-order valence-electron chi connectivity index (χ3n) is 3.49. The Morgan fingerprint density at radius 2 is 2.00 bits per heavy atom. The van der Waals surface area contributed by atoms with Gasteiger partial charge in [0.25, 0.3) is 0 Å². The molecule has 1 aromatic carbocycles. The molecule has 1 atom stereocenters. The fraction of sp³-hybridized carbons (Fsp3) is 0.357. The van der Waals surface area contributed by atoms with Crippen LogP contribution in [-0.2, 0) is 13.5 Å². The summed E-state index contributed by atoms with van der Waals surface area (Å²) >= 11 is 1.43. The van der Waals surface area contributed by atoms with Gasteiger partial charge >= 0.3 is 0 Å². The number of carbonyl (C=O) groups is 1. The van der Waals surface area contributed by atoms with Crippen LogP contribution in [0.5, 0.6) is 11.5 Å². The molecule has 2 aromatic rings. The lowest BCUT2D eigenvalue weighted by Crippen LogP contribution is -2.12. The van der Waals surface area contributed by atoms with Crippen molar-refractivity contribution in [2.75, 3.05) is 14.2 Å². The van der Waals surface area contributed by atoms with E-state index in [2.05, 4.69) is 10.2 Å². The molecule has 3 rings (SSSR count). The first-order valence-corrected chi connectivity index (χ1v) is 7.31. The molecule has 0 saturated heterocycles. The zero-order valence-corrected chi connectivity index (χ0v) is 12.8. The van der Waals surface area contributed by atoms with Crippen LogP contribution >= 0.6 is 11.8 Å². The number of nitrogens with zero attached hydrogens (tertiary/aromatic N) is 3. The van der Waals surface area contributed by atoms with E-state index in [-0.39, 0.29) is 11.0 Å². The minimum atomic E-state index is -0.181. The molecule has 1 aliphatic rings. The van der Waals surface area contributed by atoms with Crippen molar-refractivity contribution in [3.05, 3.63) is 29.6 Å². The number of fused-ring (bicyclic) bond motifs is 1. The zero-order valence-electron chi connectivity index (χ0n) is 12.0. The highest BCUT2D eigenvalue weighted by Gasteiger charge is 2.33. The molecular formula is C14H15N3O3S. The fourth-order valence-electron chi connectivity index (χ4n) is 2.39. The molecule has 1 aliphatic carbocycles. The van der Waals surface area contributed by atoms with Crippen LogP contribution in [0.2, 0.25) is 0 Å². The number of methoxy groups -OCH3 is 2. The van der Waals surface area contributed by atoms with E-state index in [0.29, 0.717) is 23.5 Å². The number of benzene rings is 1. The first kappa shape index (κ1) is 13.9. The van der Waals surface area contributed by atoms with E-state index in [0.717, 1.165) is 10.7 Å². The maximum atomic E-state index is 12.5. The summed E-state index contributed by atoms with van der Waals surface area (Å²) in [6, 6.07) is 3.64. The van der Waals surface area contributed by atoms with Gasteiger partial charge in [0, 0.05) is 12.6 Å². The Kier molecular flexibility index (Phi) is 3.59. The first-order chi connectivity index (χ1) is 10.1. The summed E-state index contributed by atoms with van der Waals surface area (Å²) in [7, 11) is 5.02. The average molecular weight is 305 g/mol. The van der Waals surface area contributed by atoms with E-state index in [4.69, 9.17) is 9.47 Å². The second-order valence-electron chi connectivity index (χ2n) is 4.76. The van der Waals surface area contributed by atoms with Gasteiger partial charge in [-0.15, -0.1) is 10.2 Å². The molecule has 6 nitrogen and oxygen atoms in total. The van der Waals surface area contributed by atoms with Gasteiger partial charge in [-0.1, -0.05) is 11.8 Å². The second kappa shape index (κ2) is 5.40. The number of rotatable bonds is 4. The summed E-state index contributed by atoms with van der Waals surface area (Å²) in [6.07, 6.45) is 2.28. The fourth-order valence-corrected chi connectivity index (χ4v) is 3.45. The minimum absolute atomic E-state index is 0.0963. The van der Waals surface area contributed by atoms with Crippen molar-refractivity contribution in [2.45, 2.75) is 16.8 Å². The Morgan fingerprint density at radius 3 is 2.62 bits per heavy atom. The number of hydrogen-bond acceptors (Lipinski definition) is 6. The lowest BCUT2D eigenvalue weighted by atomic mass is 10.1. The van der Waals surface area contributed by atoms with Gasteiger partial charge in [0.2, 0.25) is 0 Å². The van der Waals surface area contributed by atoms with Gasteiger partial charge in [-0.25, -0.2) is 0 Å². The lowest BCUT2D eigenvalue weighted by molar-refractivity contribution is 0.1000. The van der Waals surface area contributed by atoms with Crippen LogP contribution in [-0.4, -0.2) is 40.0 Å². The highest BCUT2D eigenvalue weighted by atomic mass is 32.2. The molecular weight excluding hydrogens is 290 g/mol. The quantitative estimate of drug-likeness (QED) is 0.857. The third kappa shape index (κ3) is 2.37. The number of aryl methyl sites for hydroxylation is 1. The number of aromatic nitrogens is 3. The number of thioether (sulfide) groups is 1. The molecule has 1 aromatic heterocycles. The molecule has 0 spiro atoms. The molecule has 0 N–H and O–H groups in total. The van der Waals surface area contributed by atoms with Crippen molar-refractivity contribution in [1.29, 1.82) is 0 Å². The van der Waals surface area contributed by atoms with Crippen LogP contribution in [0, 0.1) is 0 Å². The lowest BCUT2D eigenvalue weighted by Gasteiger charge is -2.09. The van der Waals surface area contributed by atoms with Crippen molar-refractivity contribution < 1.29 is 14.3 Å². The standard InChI is InChI=1S/C14H15N3O3S/c1-17-7-15-16-14(17)21-12-5-8-4-10(19-2)11(20-3)6-9(8)13(12)18/h4,6-7,12H,5H2,1-3H3/t12-/m0/s1. The highest BCUT2D eigenvalue weighted by molar-refractivity contribution is 8.00. The van der Waals surface area contributed by atoms with Gasteiger partial charge in [-0.3, -0.25) is 4.79 Å². The molecule has 21 heavy (non-hydrogen) atoms. The zero-order chi connectivity index (χ0) is 15.0. The van der Waals surface area contributed by atoms with Crippen LogP contribution < -0.4 is 9.47 Å². The molecule has 0 bridgehead atoms. The van der Waals surface area contributed by atoms with Crippen molar-refractivity contribution in [1.82, 2.24) is 14.8 Å². The van der Waals surface area contributed by atoms with E-state index in [1.165, 1.54) is 11.8 Å². The van der Waals surface area contributed by atoms with Crippen LogP contribution in [0.1, 0.15) is 15.9 Å². The number of carbonyl (C=O) groups excluding carboxylic acids is 1. The van der Waals surface area contributed by atoms with Crippen molar-refractivity contribution in [2.24, 2.45) is 7.05 Å². The molecule has 0 amide bonds. The summed E-state index contributed by atoms with van der Waals surface area (Å²) < 4.78 is 12.4. The largest absolute Gasteiger partial charge is 0.493 e. The molecule has 0 unspecified atom stereocenters. The molecule has 0 aliphatic heterocycles. The summed E-state index contributed by atoms with van der Waals surface area (Å²) in [5.74, 6) is 1.32. The average Bonchev–Trinajstić information content (AvgIpc) is 3.03. The molecule has 1 heterocycles. The Balaban J connectivity index is 1.90. The predicted molar refractivity (Wildman–Crippen MR) is 78.2 cm³/mol. The van der Waals surface area contributed by atoms with Crippen molar-refractivity contribution in [3.8, 4) is 11.5 Å². The van der Waals surface area contributed by atoms with Gasteiger partial charge in [0.15, 0.2) is 22.4 Å². The van der Waals surface area contributed by atoms with Crippen LogP contribution in [0.25, 0.3) is 0 Å². The summed E-state index contributed by atoms with van der Waals surface area (Å²) in [6.45, 7) is 0. The number of hydrogen-bond donors (Lipinski definition) is 0. The smallest absolute Gasteiger partial charge is 0.191 e. The molecule has 0 saturated carbocycles. The normalized spacial score (nSPS) is 16.9. The monoisotopic (exact) mass is 305 g/mol. The van der Waals surface area contributed by atoms with E-state index < -0.39 is 0 Å². The van der Waals surface area contributed by atoms with Crippen molar-refractivity contribution >= 4 is 17.5 Å². The van der Waals surface area contributed by atoms with Crippen LogP contribution in [0.15, 0.2) is 23.6 Å². The third-order valence-corrected chi connectivity index (χ3v) is 4.74. The van der Waals surface area contributed by atoms with E-state index in [1.807, 2.05) is 17.7 Å². The number of ketones is 1. The maximum Gasteiger partial charge on any atom is 0.191 e. The van der Waals surface area contributed by atoms with Gasteiger partial charge in [-0.2, -0.15) is 0 Å².